The van der Waals surface area contributed by atoms with Gasteiger partial charge >= 0.3 is 0 Å². The van der Waals surface area contributed by atoms with Crippen molar-refractivity contribution in [2.75, 3.05) is 11.4 Å². The van der Waals surface area contributed by atoms with Crippen molar-refractivity contribution in [2.24, 2.45) is 0 Å². The molecule has 8 heteroatoms. The summed E-state index contributed by atoms with van der Waals surface area (Å²) in [6, 6.07) is 21.9. The van der Waals surface area contributed by atoms with Crippen LogP contribution in [0.15, 0.2) is 66.7 Å². The Hall–Kier alpha value is -2.80. The summed E-state index contributed by atoms with van der Waals surface area (Å²) in [5.41, 5.74) is 4.69. The van der Waals surface area contributed by atoms with Crippen molar-refractivity contribution in [2.45, 2.75) is 33.0 Å². The van der Waals surface area contributed by atoms with Gasteiger partial charge < -0.3 is 9.64 Å². The van der Waals surface area contributed by atoms with Crippen LogP contribution >= 0.6 is 35.4 Å². The minimum Gasteiger partial charge on any atom is -0.484 e. The summed E-state index contributed by atoms with van der Waals surface area (Å²) in [7, 11) is 0. The number of fused-ring (bicyclic) bond motifs is 1. The second-order valence-electron chi connectivity index (χ2n) is 8.32. The fourth-order valence-electron chi connectivity index (χ4n) is 4.35. The number of aromatic nitrogens is 3. The number of aryl methyl sites for hydroxylation is 2. The highest BCUT2D eigenvalue weighted by molar-refractivity contribution is 7.71. The number of benzene rings is 3. The Balaban J connectivity index is 1.51. The zero-order valence-electron chi connectivity index (χ0n) is 18.7. The number of para-hydroxylation sites is 2. The maximum atomic E-state index is 6.32. The molecule has 0 aliphatic carbocycles. The van der Waals surface area contributed by atoms with Crippen molar-refractivity contribution >= 4 is 41.1 Å². The molecular weight excluding hydrogens is 487 g/mol. The third kappa shape index (κ3) is 4.58. The highest BCUT2D eigenvalue weighted by Crippen LogP contribution is 2.29. The first-order valence-electron chi connectivity index (χ1n) is 11.2. The molecule has 0 fully saturated rings. The van der Waals surface area contributed by atoms with E-state index in [1.807, 2.05) is 27.4 Å². The minimum absolute atomic E-state index is 0.211. The third-order valence-electron chi connectivity index (χ3n) is 6.02. The number of nitrogens with zero attached hydrogens (tertiary/aromatic N) is 4. The Labute approximate surface area is 214 Å². The quantitative estimate of drug-likeness (QED) is 0.261. The normalized spacial score (nSPS) is 13.1. The molecule has 34 heavy (non-hydrogen) atoms. The van der Waals surface area contributed by atoms with Gasteiger partial charge in [0.15, 0.2) is 5.82 Å². The second kappa shape index (κ2) is 9.82. The molecule has 174 valence electrons. The van der Waals surface area contributed by atoms with Crippen LogP contribution in [0.4, 0.5) is 5.69 Å². The van der Waals surface area contributed by atoms with Gasteiger partial charge in [-0.15, -0.1) is 0 Å². The summed E-state index contributed by atoms with van der Waals surface area (Å²) < 4.78 is 10.5. The Bertz CT molecular complexity index is 1400. The first-order valence-corrected chi connectivity index (χ1v) is 12.3. The van der Waals surface area contributed by atoms with Gasteiger partial charge in [0.2, 0.25) is 4.77 Å². The Morgan fingerprint density at radius 2 is 1.76 bits per heavy atom. The standard InChI is InChI=1S/C26H24Cl2N4OS/c1-18-7-2-4-10-22(18)32-25(16-33-24-13-12-20(27)15-21(24)28)29-31(26(32)34)17-30-14-6-9-19-8-3-5-11-23(19)30/h2-5,7-8,10-13,15H,6,9,14,16-17H2,1H3. The lowest BCUT2D eigenvalue weighted by molar-refractivity contribution is 0.292. The van der Waals surface area contributed by atoms with Crippen LogP contribution in [0.1, 0.15) is 23.4 Å². The van der Waals surface area contributed by atoms with Crippen molar-refractivity contribution in [1.82, 2.24) is 14.3 Å². The first kappa shape index (κ1) is 23.0. The van der Waals surface area contributed by atoms with Gasteiger partial charge in [-0.25, -0.2) is 4.68 Å². The van der Waals surface area contributed by atoms with Gasteiger partial charge in [0.25, 0.3) is 0 Å². The van der Waals surface area contributed by atoms with Gasteiger partial charge in [0.05, 0.1) is 10.7 Å². The number of ether oxygens (including phenoxy) is 1. The SMILES string of the molecule is Cc1ccccc1-n1c(COc2ccc(Cl)cc2Cl)nn(CN2CCCc3ccccc32)c1=S. The van der Waals surface area contributed by atoms with Crippen LogP contribution in [0.3, 0.4) is 0 Å². The number of halogens is 2. The molecule has 0 saturated carbocycles. The predicted molar refractivity (Wildman–Crippen MR) is 140 cm³/mol. The zero-order valence-corrected chi connectivity index (χ0v) is 21.1. The van der Waals surface area contributed by atoms with Gasteiger partial charge in [-0.1, -0.05) is 59.6 Å². The van der Waals surface area contributed by atoms with Crippen LogP contribution in [0, 0.1) is 11.7 Å². The monoisotopic (exact) mass is 510 g/mol. The highest BCUT2D eigenvalue weighted by atomic mass is 35.5. The van der Waals surface area contributed by atoms with E-state index in [1.54, 1.807) is 18.2 Å². The molecular formula is C26H24Cl2N4OS. The number of hydrogen-bond acceptors (Lipinski definition) is 4. The van der Waals surface area contributed by atoms with E-state index < -0.39 is 0 Å². The van der Waals surface area contributed by atoms with E-state index in [9.17, 15) is 0 Å². The molecule has 0 saturated heterocycles. The van der Waals surface area contributed by atoms with Gasteiger partial charge in [0.1, 0.15) is 19.0 Å². The molecule has 2 heterocycles. The van der Waals surface area contributed by atoms with E-state index in [2.05, 4.69) is 42.2 Å². The maximum absolute atomic E-state index is 6.32. The molecule has 0 N–H and O–H groups in total. The van der Waals surface area contributed by atoms with E-state index in [4.69, 9.17) is 45.3 Å². The topological polar surface area (TPSA) is 35.2 Å². The summed E-state index contributed by atoms with van der Waals surface area (Å²) in [5, 5.41) is 5.91. The molecule has 3 aromatic carbocycles. The van der Waals surface area contributed by atoms with E-state index in [0.29, 0.717) is 33.1 Å². The molecule has 1 aliphatic heterocycles. The first-order chi connectivity index (χ1) is 16.5. The van der Waals surface area contributed by atoms with Gasteiger partial charge in [-0.2, -0.15) is 5.10 Å². The molecule has 5 rings (SSSR count). The highest BCUT2D eigenvalue weighted by Gasteiger charge is 2.20. The van der Waals surface area contributed by atoms with Crippen LogP contribution in [0.2, 0.25) is 10.0 Å². The van der Waals surface area contributed by atoms with Crippen LogP contribution < -0.4 is 9.64 Å². The lowest BCUT2D eigenvalue weighted by Crippen LogP contribution is -2.32. The maximum Gasteiger partial charge on any atom is 0.204 e. The fraction of sp³-hybridized carbons (Fsp3) is 0.231. The molecule has 5 nitrogen and oxygen atoms in total. The van der Waals surface area contributed by atoms with Crippen molar-refractivity contribution in [3.8, 4) is 11.4 Å². The third-order valence-corrected chi connectivity index (χ3v) is 6.95. The second-order valence-corrected chi connectivity index (χ2v) is 9.53. The van der Waals surface area contributed by atoms with Crippen molar-refractivity contribution in [3.05, 3.63) is 98.5 Å². The Kier molecular flexibility index (Phi) is 6.63. The largest absolute Gasteiger partial charge is 0.484 e. The summed E-state index contributed by atoms with van der Waals surface area (Å²) >= 11 is 18.3. The van der Waals surface area contributed by atoms with Crippen molar-refractivity contribution in [1.29, 1.82) is 0 Å². The van der Waals surface area contributed by atoms with Crippen LogP contribution in [-0.4, -0.2) is 20.9 Å². The van der Waals surface area contributed by atoms with Crippen LogP contribution in [0.25, 0.3) is 5.69 Å². The average Bonchev–Trinajstić information content (AvgIpc) is 3.14. The summed E-state index contributed by atoms with van der Waals surface area (Å²) in [4.78, 5) is 2.34. The Morgan fingerprint density at radius 1 is 1.00 bits per heavy atom. The van der Waals surface area contributed by atoms with Crippen LogP contribution in [0.5, 0.6) is 5.75 Å². The van der Waals surface area contributed by atoms with Gasteiger partial charge in [-0.3, -0.25) is 4.57 Å². The number of anilines is 1. The molecule has 1 aliphatic rings. The summed E-state index contributed by atoms with van der Waals surface area (Å²) in [6.45, 7) is 3.81. The van der Waals surface area contributed by atoms with Gasteiger partial charge in [-0.05, 0) is 73.4 Å². The molecule has 0 spiro atoms. The fourth-order valence-corrected chi connectivity index (χ4v) is 5.11. The summed E-state index contributed by atoms with van der Waals surface area (Å²) in [5.74, 6) is 1.25. The molecule has 0 amide bonds. The molecule has 0 bridgehead atoms. The molecule has 0 unspecified atom stereocenters. The smallest absolute Gasteiger partial charge is 0.204 e. The Morgan fingerprint density at radius 3 is 2.56 bits per heavy atom. The lowest BCUT2D eigenvalue weighted by Gasteiger charge is -2.30. The van der Waals surface area contributed by atoms with Crippen LogP contribution in [-0.2, 0) is 19.7 Å². The van der Waals surface area contributed by atoms with Crippen molar-refractivity contribution < 1.29 is 4.74 Å². The van der Waals surface area contributed by atoms with Crippen molar-refractivity contribution in [3.63, 3.8) is 0 Å². The molecule has 4 aromatic rings. The molecule has 1 aromatic heterocycles. The lowest BCUT2D eigenvalue weighted by atomic mass is 10.0. The minimum atomic E-state index is 0.211. The number of rotatable bonds is 6. The molecule has 0 atom stereocenters. The van der Waals surface area contributed by atoms with E-state index in [1.165, 1.54) is 11.3 Å². The van der Waals surface area contributed by atoms with E-state index in [0.717, 1.165) is 30.6 Å². The predicted octanol–water partition coefficient (Wildman–Crippen LogP) is 7.01. The average molecular weight is 511 g/mol. The number of hydrogen-bond donors (Lipinski definition) is 0. The zero-order chi connectivity index (χ0) is 23.7. The van der Waals surface area contributed by atoms with E-state index >= 15 is 0 Å². The molecule has 0 radical (unpaired) electrons. The van der Waals surface area contributed by atoms with E-state index in [-0.39, 0.29) is 6.61 Å². The van der Waals surface area contributed by atoms with Gasteiger partial charge in [0, 0.05) is 17.3 Å². The summed E-state index contributed by atoms with van der Waals surface area (Å²) in [6.07, 6.45) is 2.20.